The molecule has 23 heavy (non-hydrogen) atoms. The Bertz CT molecular complexity index is 539. The van der Waals surface area contributed by atoms with Crippen LogP contribution in [0, 0.1) is 5.92 Å². The van der Waals surface area contributed by atoms with Gasteiger partial charge < -0.3 is 16.4 Å². The van der Waals surface area contributed by atoms with Gasteiger partial charge in [-0.25, -0.2) is 4.79 Å². The van der Waals surface area contributed by atoms with Crippen molar-refractivity contribution in [2.75, 3.05) is 0 Å². The number of hydrogen-bond acceptors (Lipinski definition) is 2. The third-order valence-electron chi connectivity index (χ3n) is 4.44. The second kappa shape index (κ2) is 8.20. The van der Waals surface area contributed by atoms with Crippen molar-refractivity contribution in [1.82, 2.24) is 10.6 Å². The van der Waals surface area contributed by atoms with Crippen LogP contribution >= 0.6 is 11.6 Å². The van der Waals surface area contributed by atoms with E-state index < -0.39 is 6.03 Å². The van der Waals surface area contributed by atoms with Crippen molar-refractivity contribution in [3.05, 3.63) is 34.9 Å². The van der Waals surface area contributed by atoms with Gasteiger partial charge in [0, 0.05) is 17.0 Å². The van der Waals surface area contributed by atoms with Gasteiger partial charge in [0.2, 0.25) is 5.91 Å². The SMILES string of the molecule is CCC(NC(=O)C1CCC(NC(N)=O)CC1)c1ccc(Cl)cc1. The molecule has 0 aromatic heterocycles. The van der Waals surface area contributed by atoms with Crippen molar-refractivity contribution in [3.63, 3.8) is 0 Å². The molecule has 1 aliphatic carbocycles. The molecule has 6 heteroatoms. The molecule has 0 bridgehead atoms. The van der Waals surface area contributed by atoms with Crippen LogP contribution in [0.4, 0.5) is 4.79 Å². The first-order valence-electron chi connectivity index (χ1n) is 8.11. The number of amides is 3. The molecule has 1 fully saturated rings. The Kier molecular flexibility index (Phi) is 6.28. The highest BCUT2D eigenvalue weighted by Crippen LogP contribution is 2.26. The van der Waals surface area contributed by atoms with E-state index in [0.29, 0.717) is 5.02 Å². The van der Waals surface area contributed by atoms with Crippen molar-refractivity contribution < 1.29 is 9.59 Å². The van der Waals surface area contributed by atoms with Gasteiger partial charge in [-0.3, -0.25) is 4.79 Å². The van der Waals surface area contributed by atoms with Gasteiger partial charge >= 0.3 is 6.03 Å². The van der Waals surface area contributed by atoms with Crippen molar-refractivity contribution in [2.45, 2.75) is 51.1 Å². The number of urea groups is 1. The normalized spacial score (nSPS) is 22.2. The van der Waals surface area contributed by atoms with Crippen molar-refractivity contribution in [2.24, 2.45) is 11.7 Å². The van der Waals surface area contributed by atoms with Crippen LogP contribution in [0.25, 0.3) is 0 Å². The average molecular weight is 338 g/mol. The molecule has 3 amide bonds. The maximum atomic E-state index is 12.5. The van der Waals surface area contributed by atoms with Crippen molar-refractivity contribution in [3.8, 4) is 0 Å². The number of primary amides is 1. The fraction of sp³-hybridized carbons (Fsp3) is 0.529. The van der Waals surface area contributed by atoms with Gasteiger partial charge in [-0.1, -0.05) is 30.7 Å². The number of halogens is 1. The number of benzene rings is 1. The molecule has 1 aromatic rings. The highest BCUT2D eigenvalue weighted by Gasteiger charge is 2.28. The third-order valence-corrected chi connectivity index (χ3v) is 4.69. The second-order valence-corrected chi connectivity index (χ2v) is 6.51. The van der Waals surface area contributed by atoms with E-state index in [4.69, 9.17) is 17.3 Å². The lowest BCUT2D eigenvalue weighted by molar-refractivity contribution is -0.126. The first-order valence-corrected chi connectivity index (χ1v) is 8.49. The van der Waals surface area contributed by atoms with E-state index >= 15 is 0 Å². The number of carbonyl (C=O) groups is 2. The summed E-state index contributed by atoms with van der Waals surface area (Å²) in [5.41, 5.74) is 6.20. The Labute approximate surface area is 142 Å². The van der Waals surface area contributed by atoms with Crippen LogP contribution in [0.3, 0.4) is 0 Å². The summed E-state index contributed by atoms with van der Waals surface area (Å²) < 4.78 is 0. The van der Waals surface area contributed by atoms with Crippen LogP contribution in [0.2, 0.25) is 5.02 Å². The summed E-state index contributed by atoms with van der Waals surface area (Å²) in [6, 6.07) is 7.18. The molecule has 126 valence electrons. The lowest BCUT2D eigenvalue weighted by Crippen LogP contribution is -2.43. The van der Waals surface area contributed by atoms with Crippen molar-refractivity contribution >= 4 is 23.5 Å². The predicted octanol–water partition coefficient (Wildman–Crippen LogP) is 3.13. The summed E-state index contributed by atoms with van der Waals surface area (Å²) in [5.74, 6) is 0.0894. The monoisotopic (exact) mass is 337 g/mol. The first kappa shape index (κ1) is 17.6. The Morgan fingerprint density at radius 1 is 1.22 bits per heavy atom. The fourth-order valence-electron chi connectivity index (χ4n) is 3.11. The summed E-state index contributed by atoms with van der Waals surface area (Å²) in [6.45, 7) is 2.05. The Balaban J connectivity index is 1.88. The molecule has 1 atom stereocenters. The predicted molar refractivity (Wildman–Crippen MR) is 91.1 cm³/mol. The van der Waals surface area contributed by atoms with Gasteiger partial charge in [-0.05, 0) is 49.8 Å². The zero-order valence-corrected chi connectivity index (χ0v) is 14.1. The molecule has 0 saturated heterocycles. The van der Waals surface area contributed by atoms with Crippen LogP contribution < -0.4 is 16.4 Å². The smallest absolute Gasteiger partial charge is 0.312 e. The minimum atomic E-state index is -0.494. The quantitative estimate of drug-likeness (QED) is 0.771. The van der Waals surface area contributed by atoms with Crippen LogP contribution in [-0.4, -0.2) is 18.0 Å². The minimum absolute atomic E-state index is 0.00114. The summed E-state index contributed by atoms with van der Waals surface area (Å²) in [7, 11) is 0. The zero-order valence-electron chi connectivity index (χ0n) is 13.3. The van der Waals surface area contributed by atoms with E-state index in [0.717, 1.165) is 37.7 Å². The largest absolute Gasteiger partial charge is 0.352 e. The van der Waals surface area contributed by atoms with Gasteiger partial charge in [0.1, 0.15) is 0 Å². The van der Waals surface area contributed by atoms with E-state index in [1.165, 1.54) is 0 Å². The minimum Gasteiger partial charge on any atom is -0.352 e. The zero-order chi connectivity index (χ0) is 16.8. The molecule has 1 saturated carbocycles. The average Bonchev–Trinajstić information content (AvgIpc) is 2.53. The van der Waals surface area contributed by atoms with Crippen molar-refractivity contribution in [1.29, 1.82) is 0 Å². The number of nitrogens with two attached hydrogens (primary N) is 1. The molecule has 0 aliphatic heterocycles. The van der Waals surface area contributed by atoms with Gasteiger partial charge in [0.05, 0.1) is 6.04 Å². The van der Waals surface area contributed by atoms with Gasteiger partial charge in [0.25, 0.3) is 0 Å². The highest BCUT2D eigenvalue weighted by molar-refractivity contribution is 6.30. The standard InChI is InChI=1S/C17H24ClN3O2/c1-2-15(11-3-7-13(18)8-4-11)21-16(22)12-5-9-14(10-6-12)20-17(19)23/h3-4,7-8,12,14-15H,2,5-6,9-10H2,1H3,(H,21,22)(H3,19,20,23). The van der Waals surface area contributed by atoms with Gasteiger partial charge in [0.15, 0.2) is 0 Å². The van der Waals surface area contributed by atoms with E-state index in [1.807, 2.05) is 31.2 Å². The Morgan fingerprint density at radius 2 is 1.83 bits per heavy atom. The Hall–Kier alpha value is -1.75. The molecular formula is C17H24ClN3O2. The topological polar surface area (TPSA) is 84.2 Å². The molecule has 0 spiro atoms. The summed E-state index contributed by atoms with van der Waals surface area (Å²) in [5, 5.41) is 6.54. The lowest BCUT2D eigenvalue weighted by Gasteiger charge is -2.29. The van der Waals surface area contributed by atoms with E-state index in [2.05, 4.69) is 10.6 Å². The number of nitrogens with one attached hydrogen (secondary N) is 2. The summed E-state index contributed by atoms with van der Waals surface area (Å²) in [4.78, 5) is 23.4. The second-order valence-electron chi connectivity index (χ2n) is 6.08. The van der Waals surface area contributed by atoms with Crippen LogP contribution in [0.5, 0.6) is 0 Å². The Morgan fingerprint density at radius 3 is 2.35 bits per heavy atom. The number of rotatable bonds is 5. The van der Waals surface area contributed by atoms with E-state index in [1.54, 1.807) is 0 Å². The molecule has 4 N–H and O–H groups in total. The third kappa shape index (κ3) is 5.13. The molecule has 0 radical (unpaired) electrons. The molecular weight excluding hydrogens is 314 g/mol. The highest BCUT2D eigenvalue weighted by atomic mass is 35.5. The van der Waals surface area contributed by atoms with Crippen LogP contribution in [0.1, 0.15) is 50.6 Å². The van der Waals surface area contributed by atoms with Gasteiger partial charge in [-0.2, -0.15) is 0 Å². The summed E-state index contributed by atoms with van der Waals surface area (Å²) >= 11 is 5.91. The number of carbonyl (C=O) groups excluding carboxylic acids is 2. The molecule has 1 aromatic carbocycles. The first-order chi connectivity index (χ1) is 11.0. The lowest BCUT2D eigenvalue weighted by atomic mass is 9.85. The molecule has 1 aliphatic rings. The maximum Gasteiger partial charge on any atom is 0.312 e. The maximum absolute atomic E-state index is 12.5. The van der Waals surface area contributed by atoms with Crippen LogP contribution in [-0.2, 0) is 4.79 Å². The number of hydrogen-bond donors (Lipinski definition) is 3. The molecule has 2 rings (SSSR count). The van der Waals surface area contributed by atoms with E-state index in [9.17, 15) is 9.59 Å². The van der Waals surface area contributed by atoms with E-state index in [-0.39, 0.29) is 23.9 Å². The van der Waals surface area contributed by atoms with Crippen LogP contribution in [0.15, 0.2) is 24.3 Å². The van der Waals surface area contributed by atoms with Gasteiger partial charge in [-0.15, -0.1) is 0 Å². The fourth-order valence-corrected chi connectivity index (χ4v) is 3.23. The molecule has 5 nitrogen and oxygen atoms in total. The molecule has 1 unspecified atom stereocenters. The molecule has 0 heterocycles. The summed E-state index contributed by atoms with van der Waals surface area (Å²) in [6.07, 6.45) is 3.95.